The third-order valence-electron chi connectivity index (χ3n) is 4.45. The fourth-order valence-electron chi connectivity index (χ4n) is 3.05. The fraction of sp³-hybridized carbons (Fsp3) is 0.227. The summed E-state index contributed by atoms with van der Waals surface area (Å²) in [6.45, 7) is 4.15. The topological polar surface area (TPSA) is 38.3 Å². The first kappa shape index (κ1) is 18.5. The van der Waals surface area contributed by atoms with Crippen molar-refractivity contribution in [3.8, 4) is 5.75 Å². The largest absolute Gasteiger partial charge is 0.483 e. The highest BCUT2D eigenvalue weighted by atomic mass is 79.9. The van der Waals surface area contributed by atoms with E-state index < -0.39 is 0 Å². The predicted molar refractivity (Wildman–Crippen MR) is 111 cm³/mol. The lowest BCUT2D eigenvalue weighted by atomic mass is 10.0. The van der Waals surface area contributed by atoms with Gasteiger partial charge in [-0.3, -0.25) is 4.79 Å². The zero-order valence-electron chi connectivity index (χ0n) is 15.0. The molecule has 0 saturated heterocycles. The second kappa shape index (κ2) is 8.37. The molecule has 0 radical (unpaired) electrons. The molecule has 0 spiro atoms. The average Bonchev–Trinajstić information content (AvgIpc) is 2.68. The average molecular weight is 412 g/mol. The van der Waals surface area contributed by atoms with Crippen molar-refractivity contribution in [3.05, 3.63) is 70.2 Å². The van der Waals surface area contributed by atoms with Crippen LogP contribution in [-0.2, 0) is 17.6 Å². The lowest BCUT2D eigenvalue weighted by molar-refractivity contribution is -0.118. The van der Waals surface area contributed by atoms with Gasteiger partial charge in [0, 0.05) is 5.69 Å². The van der Waals surface area contributed by atoms with Gasteiger partial charge in [-0.2, -0.15) is 0 Å². The lowest BCUT2D eigenvalue weighted by Gasteiger charge is -2.15. The number of carbonyl (C=O) groups excluding carboxylic acids is 1. The molecular formula is C22H22BrNO2. The zero-order valence-corrected chi connectivity index (χ0v) is 16.6. The van der Waals surface area contributed by atoms with Crippen molar-refractivity contribution in [1.29, 1.82) is 0 Å². The predicted octanol–water partition coefficient (Wildman–Crippen LogP) is 5.74. The van der Waals surface area contributed by atoms with Gasteiger partial charge in [-0.15, -0.1) is 0 Å². The van der Waals surface area contributed by atoms with Crippen molar-refractivity contribution >= 4 is 38.3 Å². The van der Waals surface area contributed by atoms with E-state index in [1.165, 1.54) is 0 Å². The number of carbonyl (C=O) groups is 1. The molecule has 3 aromatic carbocycles. The second-order valence-electron chi connectivity index (χ2n) is 6.09. The van der Waals surface area contributed by atoms with Crippen molar-refractivity contribution in [2.24, 2.45) is 0 Å². The smallest absolute Gasteiger partial charge is 0.262 e. The van der Waals surface area contributed by atoms with E-state index in [0.29, 0.717) is 5.75 Å². The molecule has 0 aliphatic rings. The van der Waals surface area contributed by atoms with Gasteiger partial charge in [0.05, 0.1) is 4.47 Å². The molecule has 134 valence electrons. The van der Waals surface area contributed by atoms with Gasteiger partial charge in [-0.05, 0) is 56.7 Å². The Balaban J connectivity index is 1.73. The first-order chi connectivity index (χ1) is 12.6. The van der Waals surface area contributed by atoms with Crippen LogP contribution < -0.4 is 10.1 Å². The fourth-order valence-corrected chi connectivity index (χ4v) is 3.65. The maximum absolute atomic E-state index is 12.4. The minimum absolute atomic E-state index is 0.0296. The molecule has 0 unspecified atom stereocenters. The molecule has 0 bridgehead atoms. The van der Waals surface area contributed by atoms with E-state index in [1.54, 1.807) is 0 Å². The summed E-state index contributed by atoms with van der Waals surface area (Å²) in [5.74, 6) is 0.513. The number of fused-ring (bicyclic) bond motifs is 1. The summed E-state index contributed by atoms with van der Waals surface area (Å²) >= 11 is 3.59. The van der Waals surface area contributed by atoms with E-state index in [0.717, 1.165) is 44.9 Å². The molecule has 26 heavy (non-hydrogen) atoms. The maximum atomic E-state index is 12.4. The summed E-state index contributed by atoms with van der Waals surface area (Å²) in [4.78, 5) is 12.4. The van der Waals surface area contributed by atoms with Crippen molar-refractivity contribution in [1.82, 2.24) is 0 Å². The van der Waals surface area contributed by atoms with E-state index in [4.69, 9.17) is 4.74 Å². The van der Waals surface area contributed by atoms with Crippen LogP contribution in [0.3, 0.4) is 0 Å². The molecule has 0 heterocycles. The van der Waals surface area contributed by atoms with Crippen LogP contribution in [0.1, 0.15) is 25.0 Å². The number of amides is 1. The number of rotatable bonds is 6. The molecule has 0 aliphatic carbocycles. The number of hydrogen-bond donors (Lipinski definition) is 1. The highest BCUT2D eigenvalue weighted by Crippen LogP contribution is 2.33. The standard InChI is InChI=1S/C22H22BrNO2/c1-3-15-9-7-10-16(4-2)22(15)24-20(25)14-26-19-13-12-17-8-5-6-11-18(17)21(19)23/h5-13H,3-4,14H2,1-2H3,(H,24,25). The number of para-hydroxylation sites is 1. The van der Waals surface area contributed by atoms with Crippen molar-refractivity contribution in [2.75, 3.05) is 11.9 Å². The highest BCUT2D eigenvalue weighted by molar-refractivity contribution is 9.10. The Labute approximate surface area is 162 Å². The molecule has 1 amide bonds. The van der Waals surface area contributed by atoms with Crippen LogP contribution in [0.5, 0.6) is 5.75 Å². The highest BCUT2D eigenvalue weighted by Gasteiger charge is 2.12. The number of benzene rings is 3. The summed E-state index contributed by atoms with van der Waals surface area (Å²) in [5, 5.41) is 5.22. The Morgan fingerprint density at radius 3 is 2.35 bits per heavy atom. The monoisotopic (exact) mass is 411 g/mol. The lowest BCUT2D eigenvalue weighted by Crippen LogP contribution is -2.22. The molecule has 0 saturated carbocycles. The van der Waals surface area contributed by atoms with Crippen LogP contribution in [0.4, 0.5) is 5.69 Å². The third-order valence-corrected chi connectivity index (χ3v) is 5.27. The van der Waals surface area contributed by atoms with Crippen LogP contribution in [0.2, 0.25) is 0 Å². The van der Waals surface area contributed by atoms with Crippen LogP contribution in [0.15, 0.2) is 59.1 Å². The van der Waals surface area contributed by atoms with Crippen LogP contribution in [0, 0.1) is 0 Å². The van der Waals surface area contributed by atoms with Crippen LogP contribution in [0.25, 0.3) is 10.8 Å². The Hall–Kier alpha value is -2.33. The summed E-state index contributed by atoms with van der Waals surface area (Å²) in [7, 11) is 0. The Bertz CT molecular complexity index is 914. The summed E-state index contributed by atoms with van der Waals surface area (Å²) in [5.41, 5.74) is 3.21. The number of ether oxygens (including phenoxy) is 1. The van der Waals surface area contributed by atoms with Gasteiger partial charge < -0.3 is 10.1 Å². The first-order valence-corrected chi connectivity index (χ1v) is 9.64. The summed E-state index contributed by atoms with van der Waals surface area (Å²) < 4.78 is 6.63. The molecule has 1 N–H and O–H groups in total. The molecule has 4 heteroatoms. The quantitative estimate of drug-likeness (QED) is 0.560. The maximum Gasteiger partial charge on any atom is 0.262 e. The molecule has 3 aromatic rings. The van der Waals surface area contributed by atoms with Crippen LogP contribution >= 0.6 is 15.9 Å². The molecular weight excluding hydrogens is 390 g/mol. The van der Waals surface area contributed by atoms with Gasteiger partial charge in [0.2, 0.25) is 0 Å². The minimum atomic E-state index is -0.152. The molecule has 3 nitrogen and oxygen atoms in total. The number of aryl methyl sites for hydroxylation is 2. The van der Waals surface area contributed by atoms with Crippen LogP contribution in [-0.4, -0.2) is 12.5 Å². The van der Waals surface area contributed by atoms with E-state index in [-0.39, 0.29) is 12.5 Å². The van der Waals surface area contributed by atoms with E-state index in [2.05, 4.69) is 47.2 Å². The summed E-state index contributed by atoms with van der Waals surface area (Å²) in [6, 6.07) is 18.1. The minimum Gasteiger partial charge on any atom is -0.483 e. The van der Waals surface area contributed by atoms with Gasteiger partial charge in [0.25, 0.3) is 5.91 Å². The number of anilines is 1. The normalized spacial score (nSPS) is 10.7. The van der Waals surface area contributed by atoms with Crippen molar-refractivity contribution < 1.29 is 9.53 Å². The molecule has 3 rings (SSSR count). The van der Waals surface area contributed by atoms with Gasteiger partial charge in [0.1, 0.15) is 5.75 Å². The summed E-state index contributed by atoms with van der Waals surface area (Å²) in [6.07, 6.45) is 1.75. The molecule has 0 aromatic heterocycles. The van der Waals surface area contributed by atoms with Crippen molar-refractivity contribution in [3.63, 3.8) is 0 Å². The number of hydrogen-bond acceptors (Lipinski definition) is 2. The molecule has 0 fully saturated rings. The zero-order chi connectivity index (χ0) is 18.5. The van der Waals surface area contributed by atoms with Gasteiger partial charge in [0.15, 0.2) is 6.61 Å². The Morgan fingerprint density at radius 2 is 1.65 bits per heavy atom. The second-order valence-corrected chi connectivity index (χ2v) is 6.89. The van der Waals surface area contributed by atoms with E-state index in [1.807, 2.05) is 42.5 Å². The molecule has 0 atom stereocenters. The van der Waals surface area contributed by atoms with E-state index in [9.17, 15) is 4.79 Å². The van der Waals surface area contributed by atoms with Gasteiger partial charge in [-0.25, -0.2) is 0 Å². The number of halogens is 1. The van der Waals surface area contributed by atoms with E-state index >= 15 is 0 Å². The Morgan fingerprint density at radius 1 is 0.962 bits per heavy atom. The van der Waals surface area contributed by atoms with Gasteiger partial charge >= 0.3 is 0 Å². The first-order valence-electron chi connectivity index (χ1n) is 8.84. The van der Waals surface area contributed by atoms with Gasteiger partial charge in [-0.1, -0.05) is 62.4 Å². The molecule has 0 aliphatic heterocycles. The SMILES string of the molecule is CCc1cccc(CC)c1NC(=O)COc1ccc2ccccc2c1Br. The number of nitrogens with one attached hydrogen (secondary N) is 1. The third kappa shape index (κ3) is 3.91. The Kier molecular flexibility index (Phi) is 5.94. The van der Waals surface area contributed by atoms with Crippen molar-refractivity contribution in [2.45, 2.75) is 26.7 Å².